The second kappa shape index (κ2) is 11.9. The number of amides is 1. The number of alkyl halides is 3. The number of carbonyl (C=O) groups is 1. The van der Waals surface area contributed by atoms with Crippen molar-refractivity contribution in [2.75, 3.05) is 38.6 Å². The SMILES string of the molecule is C=CC(=O)N1CC[C@H](n2ncc3c(N4CC(N(C)C)C4)nc4c(F)c(-c5cccc(C)c5C(F)(F)F)c(Cl)cc4c32)C[C@H]1CC#N. The summed E-state index contributed by atoms with van der Waals surface area (Å²) in [4.78, 5) is 23.0. The average Bonchev–Trinajstić information content (AvgIpc) is 3.42. The maximum absolute atomic E-state index is 16.8. The number of aromatic nitrogens is 3. The number of fused-ring (bicyclic) bond motifs is 3. The number of anilines is 1. The molecule has 0 saturated carbocycles. The van der Waals surface area contributed by atoms with Crippen LogP contribution in [0.3, 0.4) is 0 Å². The van der Waals surface area contributed by atoms with Gasteiger partial charge in [0.1, 0.15) is 11.3 Å². The fourth-order valence-electron chi connectivity index (χ4n) is 6.79. The summed E-state index contributed by atoms with van der Waals surface area (Å²) in [7, 11) is 3.94. The van der Waals surface area contributed by atoms with E-state index in [9.17, 15) is 23.2 Å². The fourth-order valence-corrected chi connectivity index (χ4v) is 7.08. The molecule has 0 N–H and O–H groups in total. The number of pyridine rings is 1. The Morgan fingerprint density at radius 1 is 1.26 bits per heavy atom. The van der Waals surface area contributed by atoms with Crippen molar-refractivity contribution in [2.24, 2.45) is 0 Å². The summed E-state index contributed by atoms with van der Waals surface area (Å²) < 4.78 is 61.3. The molecule has 4 aromatic rings. The first-order chi connectivity index (χ1) is 21.8. The van der Waals surface area contributed by atoms with E-state index in [1.54, 1.807) is 15.8 Å². The standard InChI is InChI=1S/C33H32ClF4N7O/c1-5-26(46)44-12-10-20(13-19(44)9-11-39)45-31-23-14-25(34)27(22-8-6-7-18(2)28(22)33(36,37)38)29(35)30(23)41-32(24(31)15-40-45)43-16-21(17-43)42(3)4/h5-8,14-15,19-21H,1,9-10,12-13,16-17H2,2-4H3/t19-,20+/m1/s1. The molecule has 6 rings (SSSR count). The molecule has 0 unspecified atom stereocenters. The molecule has 2 atom stereocenters. The summed E-state index contributed by atoms with van der Waals surface area (Å²) >= 11 is 6.68. The van der Waals surface area contributed by atoms with Crippen LogP contribution in [0.1, 0.15) is 36.4 Å². The van der Waals surface area contributed by atoms with Crippen molar-refractivity contribution in [3.05, 3.63) is 65.1 Å². The van der Waals surface area contributed by atoms with Crippen molar-refractivity contribution >= 4 is 45.1 Å². The van der Waals surface area contributed by atoms with Crippen LogP contribution in [0.25, 0.3) is 32.9 Å². The Bertz CT molecular complexity index is 1910. The van der Waals surface area contributed by atoms with Gasteiger partial charge in [-0.15, -0.1) is 0 Å². The van der Waals surface area contributed by atoms with E-state index in [4.69, 9.17) is 21.7 Å². The number of likely N-dealkylation sites (N-methyl/N-ethyl adjacent to an activating group) is 1. The van der Waals surface area contributed by atoms with Crippen molar-refractivity contribution in [1.82, 2.24) is 24.6 Å². The Hall–Kier alpha value is -4.21. The number of likely N-dealkylation sites (tertiary alicyclic amines) is 1. The molecule has 240 valence electrons. The third kappa shape index (κ3) is 5.25. The molecule has 8 nitrogen and oxygen atoms in total. The van der Waals surface area contributed by atoms with E-state index in [2.05, 4.69) is 17.5 Å². The number of hydrogen-bond acceptors (Lipinski definition) is 6. The minimum atomic E-state index is -4.74. The van der Waals surface area contributed by atoms with Crippen LogP contribution < -0.4 is 4.90 Å². The summed E-state index contributed by atoms with van der Waals surface area (Å²) in [6.07, 6.45) is -0.799. The van der Waals surface area contributed by atoms with E-state index < -0.39 is 17.6 Å². The van der Waals surface area contributed by atoms with Gasteiger partial charge in [-0.25, -0.2) is 9.37 Å². The lowest BCUT2D eigenvalue weighted by Crippen LogP contribution is -2.57. The summed E-state index contributed by atoms with van der Waals surface area (Å²) in [5.74, 6) is -0.731. The lowest BCUT2D eigenvalue weighted by atomic mass is 9.93. The number of hydrogen-bond donors (Lipinski definition) is 0. The van der Waals surface area contributed by atoms with Gasteiger partial charge in [-0.1, -0.05) is 36.4 Å². The maximum atomic E-state index is 16.8. The summed E-state index contributed by atoms with van der Waals surface area (Å²) in [6.45, 7) is 6.52. The van der Waals surface area contributed by atoms with Crippen molar-refractivity contribution in [2.45, 2.75) is 50.5 Å². The van der Waals surface area contributed by atoms with E-state index in [0.717, 1.165) is 0 Å². The molecule has 2 aromatic carbocycles. The number of carbonyl (C=O) groups excluding carboxylic acids is 1. The van der Waals surface area contributed by atoms with Crippen molar-refractivity contribution in [3.63, 3.8) is 0 Å². The first kappa shape index (κ1) is 31.8. The van der Waals surface area contributed by atoms with Crippen LogP contribution in [0.2, 0.25) is 5.02 Å². The van der Waals surface area contributed by atoms with Crippen LogP contribution in [0, 0.1) is 24.1 Å². The Morgan fingerprint density at radius 3 is 2.65 bits per heavy atom. The molecule has 2 aliphatic rings. The van der Waals surface area contributed by atoms with E-state index in [-0.39, 0.29) is 57.7 Å². The number of piperidine rings is 1. The van der Waals surface area contributed by atoms with Gasteiger partial charge in [0, 0.05) is 42.7 Å². The Kier molecular flexibility index (Phi) is 8.19. The van der Waals surface area contributed by atoms with Gasteiger partial charge in [-0.05, 0) is 57.1 Å². The molecule has 4 heterocycles. The molecule has 0 spiro atoms. The molecule has 0 bridgehead atoms. The molecule has 1 amide bonds. The Balaban J connectivity index is 1.57. The molecule has 2 fully saturated rings. The number of nitriles is 1. The molecule has 0 radical (unpaired) electrons. The van der Waals surface area contributed by atoms with Gasteiger partial charge < -0.3 is 14.7 Å². The Morgan fingerprint density at radius 2 is 2.00 bits per heavy atom. The van der Waals surface area contributed by atoms with E-state index in [1.165, 1.54) is 37.3 Å². The van der Waals surface area contributed by atoms with Crippen LogP contribution in [0.5, 0.6) is 0 Å². The number of halogens is 5. The van der Waals surface area contributed by atoms with Crippen LogP contribution in [0.15, 0.2) is 43.1 Å². The monoisotopic (exact) mass is 653 g/mol. The number of benzene rings is 2. The average molecular weight is 654 g/mol. The van der Waals surface area contributed by atoms with Gasteiger partial charge in [-0.3, -0.25) is 9.48 Å². The zero-order valence-corrected chi connectivity index (χ0v) is 26.3. The molecule has 2 aliphatic heterocycles. The highest BCUT2D eigenvalue weighted by Gasteiger charge is 2.38. The van der Waals surface area contributed by atoms with Gasteiger partial charge in [0.15, 0.2) is 5.82 Å². The first-order valence-corrected chi connectivity index (χ1v) is 15.3. The smallest absolute Gasteiger partial charge is 0.353 e. The highest BCUT2D eigenvalue weighted by atomic mass is 35.5. The Labute approximate surface area is 268 Å². The number of nitrogens with zero attached hydrogens (tertiary/aromatic N) is 7. The van der Waals surface area contributed by atoms with Gasteiger partial charge in [0.05, 0.1) is 46.2 Å². The molecule has 13 heteroatoms. The minimum absolute atomic E-state index is 0.0498. The van der Waals surface area contributed by atoms with Crippen molar-refractivity contribution < 1.29 is 22.4 Å². The molecular weight excluding hydrogens is 622 g/mol. The normalized spacial score (nSPS) is 19.1. The number of rotatable bonds is 6. The molecule has 0 aliphatic carbocycles. The fraction of sp³-hybridized carbons (Fsp3) is 0.394. The zero-order valence-electron chi connectivity index (χ0n) is 25.6. The van der Waals surface area contributed by atoms with E-state index >= 15 is 4.39 Å². The largest absolute Gasteiger partial charge is 0.417 e. The minimum Gasteiger partial charge on any atom is -0.353 e. The third-order valence-electron chi connectivity index (χ3n) is 9.24. The van der Waals surface area contributed by atoms with Gasteiger partial charge in [-0.2, -0.15) is 23.5 Å². The van der Waals surface area contributed by atoms with Gasteiger partial charge in [0.2, 0.25) is 5.91 Å². The predicted molar refractivity (Wildman–Crippen MR) is 169 cm³/mol. The molecular formula is C33H32ClF4N7O. The van der Waals surface area contributed by atoms with Gasteiger partial charge >= 0.3 is 6.18 Å². The van der Waals surface area contributed by atoms with E-state index in [0.29, 0.717) is 54.6 Å². The second-order valence-corrected chi connectivity index (χ2v) is 12.6. The topological polar surface area (TPSA) is 81.3 Å². The molecule has 2 aromatic heterocycles. The second-order valence-electron chi connectivity index (χ2n) is 12.2. The molecule has 46 heavy (non-hydrogen) atoms. The molecule has 2 saturated heterocycles. The van der Waals surface area contributed by atoms with Crippen LogP contribution in [-0.2, 0) is 11.0 Å². The maximum Gasteiger partial charge on any atom is 0.417 e. The summed E-state index contributed by atoms with van der Waals surface area (Å²) in [5.41, 5.74) is -1.29. The highest BCUT2D eigenvalue weighted by Crippen LogP contribution is 2.46. The summed E-state index contributed by atoms with van der Waals surface area (Å²) in [5, 5.41) is 15.0. The lowest BCUT2D eigenvalue weighted by molar-refractivity contribution is -0.137. The van der Waals surface area contributed by atoms with Gasteiger partial charge in [0.25, 0.3) is 0 Å². The lowest BCUT2D eigenvalue weighted by Gasteiger charge is -2.43. The predicted octanol–water partition coefficient (Wildman–Crippen LogP) is 6.75. The highest BCUT2D eigenvalue weighted by molar-refractivity contribution is 6.35. The van der Waals surface area contributed by atoms with E-state index in [1.807, 2.05) is 19.0 Å². The van der Waals surface area contributed by atoms with Crippen LogP contribution in [-0.4, -0.2) is 76.3 Å². The van der Waals surface area contributed by atoms with Crippen molar-refractivity contribution in [1.29, 1.82) is 5.26 Å². The number of aryl methyl sites for hydroxylation is 1. The quantitative estimate of drug-likeness (QED) is 0.169. The first-order valence-electron chi connectivity index (χ1n) is 14.9. The summed E-state index contributed by atoms with van der Waals surface area (Å²) in [6, 6.07) is 7.23. The third-order valence-corrected chi connectivity index (χ3v) is 9.54. The zero-order chi connectivity index (χ0) is 33.1. The van der Waals surface area contributed by atoms with Crippen LogP contribution >= 0.6 is 11.6 Å². The van der Waals surface area contributed by atoms with Crippen molar-refractivity contribution in [3.8, 4) is 17.2 Å². The van der Waals surface area contributed by atoms with Crippen LogP contribution in [0.4, 0.5) is 23.4 Å².